The first-order chi connectivity index (χ1) is 14.9. The van der Waals surface area contributed by atoms with Crippen LogP contribution in [0.15, 0.2) is 76.6 Å². The van der Waals surface area contributed by atoms with Gasteiger partial charge in [0, 0.05) is 50.2 Å². The number of aryl methyl sites for hydroxylation is 1. The molecule has 1 N–H and O–H groups in total. The predicted octanol–water partition coefficient (Wildman–Crippen LogP) is 2.42. The van der Waals surface area contributed by atoms with Gasteiger partial charge in [-0.15, -0.1) is 0 Å². The molecule has 0 unspecified atom stereocenters. The number of aromatic hydroxyl groups is 1. The summed E-state index contributed by atoms with van der Waals surface area (Å²) in [6.45, 7) is 5.46. The van der Waals surface area contributed by atoms with Gasteiger partial charge in [0.2, 0.25) is 0 Å². The molecule has 0 amide bonds. The molecule has 7 nitrogen and oxygen atoms in total. The number of hydrogen-bond donors (Lipinski definition) is 1. The van der Waals surface area contributed by atoms with Crippen LogP contribution in [0.1, 0.15) is 11.1 Å². The number of aromatic nitrogens is 1. The van der Waals surface area contributed by atoms with Gasteiger partial charge in [0.25, 0.3) is 10.0 Å². The van der Waals surface area contributed by atoms with Crippen molar-refractivity contribution in [3.63, 3.8) is 0 Å². The lowest BCUT2D eigenvalue weighted by Gasteiger charge is -2.36. The maximum atomic E-state index is 12.8. The van der Waals surface area contributed by atoms with Gasteiger partial charge in [0.15, 0.2) is 5.75 Å². The zero-order valence-electron chi connectivity index (χ0n) is 17.3. The Morgan fingerprint density at radius 3 is 2.19 bits per heavy atom. The molecule has 4 rings (SSSR count). The lowest BCUT2D eigenvalue weighted by atomic mass is 10.2. The van der Waals surface area contributed by atoms with Crippen molar-refractivity contribution in [1.29, 1.82) is 0 Å². The zero-order chi connectivity index (χ0) is 22.0. The van der Waals surface area contributed by atoms with E-state index >= 15 is 0 Å². The fourth-order valence-corrected chi connectivity index (χ4v) is 4.96. The third-order valence-corrected chi connectivity index (χ3v) is 7.26. The molecule has 162 valence electrons. The van der Waals surface area contributed by atoms with E-state index in [1.54, 1.807) is 12.1 Å². The van der Waals surface area contributed by atoms with Crippen molar-refractivity contribution in [2.24, 2.45) is 0 Å². The molecule has 0 atom stereocenters. The molecule has 2 heterocycles. The molecular formula is C23H25N3O4S. The van der Waals surface area contributed by atoms with Crippen molar-refractivity contribution >= 4 is 15.7 Å². The summed E-state index contributed by atoms with van der Waals surface area (Å²) in [5.41, 5.74) is 1.58. The fourth-order valence-electron chi connectivity index (χ4n) is 3.73. The van der Waals surface area contributed by atoms with Crippen LogP contribution in [0, 0.1) is 6.92 Å². The second-order valence-corrected chi connectivity index (χ2v) is 9.52. The highest BCUT2D eigenvalue weighted by Gasteiger charge is 2.23. The Hall–Kier alpha value is -3.10. The Morgan fingerprint density at radius 1 is 0.903 bits per heavy atom. The number of pyridine rings is 1. The summed E-state index contributed by atoms with van der Waals surface area (Å²) in [5.74, 6) is -0.524. The van der Waals surface area contributed by atoms with E-state index in [1.165, 1.54) is 30.1 Å². The van der Waals surface area contributed by atoms with Gasteiger partial charge in [-0.1, -0.05) is 35.9 Å². The summed E-state index contributed by atoms with van der Waals surface area (Å²) in [5, 5.41) is 10.5. The van der Waals surface area contributed by atoms with Crippen LogP contribution in [-0.4, -0.2) is 48.6 Å². The van der Waals surface area contributed by atoms with Crippen LogP contribution in [0.5, 0.6) is 5.75 Å². The fraction of sp³-hybridized carbons (Fsp3) is 0.261. The molecule has 0 spiro atoms. The molecule has 0 saturated carbocycles. The Morgan fingerprint density at radius 2 is 1.55 bits per heavy atom. The van der Waals surface area contributed by atoms with E-state index < -0.39 is 21.3 Å². The molecule has 3 aromatic rings. The Balaban J connectivity index is 1.49. The first kappa shape index (κ1) is 21.1. The first-order valence-electron chi connectivity index (χ1n) is 10.1. The quantitative estimate of drug-likeness (QED) is 0.658. The standard InChI is InChI=1S/C23H25N3O4S/c1-18-7-9-21(10-8-18)31(29,30)26-12-11-19(22(27)23(26)28)17-24-13-15-25(16-14-24)20-5-3-2-4-6-20/h2-12,27H,13-17H2,1H3. The highest BCUT2D eigenvalue weighted by molar-refractivity contribution is 7.90. The zero-order valence-corrected chi connectivity index (χ0v) is 18.1. The average Bonchev–Trinajstić information content (AvgIpc) is 2.78. The lowest BCUT2D eigenvalue weighted by molar-refractivity contribution is 0.246. The first-order valence-corrected chi connectivity index (χ1v) is 11.6. The van der Waals surface area contributed by atoms with Crippen LogP contribution in [0.25, 0.3) is 0 Å². The molecule has 1 aliphatic heterocycles. The summed E-state index contributed by atoms with van der Waals surface area (Å²) < 4.78 is 26.3. The van der Waals surface area contributed by atoms with Crippen LogP contribution in [0.2, 0.25) is 0 Å². The molecule has 1 aromatic heterocycles. The summed E-state index contributed by atoms with van der Waals surface area (Å²) in [4.78, 5) is 17.1. The van der Waals surface area contributed by atoms with Crippen LogP contribution in [0.3, 0.4) is 0 Å². The molecule has 0 aliphatic carbocycles. The van der Waals surface area contributed by atoms with Crippen molar-refractivity contribution < 1.29 is 13.5 Å². The molecule has 31 heavy (non-hydrogen) atoms. The number of hydrogen-bond acceptors (Lipinski definition) is 6. The predicted molar refractivity (Wildman–Crippen MR) is 120 cm³/mol. The van der Waals surface area contributed by atoms with E-state index in [0.717, 1.165) is 31.7 Å². The van der Waals surface area contributed by atoms with Crippen LogP contribution < -0.4 is 10.5 Å². The molecule has 1 saturated heterocycles. The largest absolute Gasteiger partial charge is 0.503 e. The number of para-hydroxylation sites is 1. The minimum atomic E-state index is -4.07. The second kappa shape index (κ2) is 8.56. The molecule has 0 bridgehead atoms. The van der Waals surface area contributed by atoms with Gasteiger partial charge < -0.3 is 10.0 Å². The van der Waals surface area contributed by atoms with Crippen molar-refractivity contribution in [3.05, 3.63) is 88.3 Å². The monoisotopic (exact) mass is 439 g/mol. The van der Waals surface area contributed by atoms with E-state index in [9.17, 15) is 18.3 Å². The van der Waals surface area contributed by atoms with Gasteiger partial charge in [0.1, 0.15) is 0 Å². The van der Waals surface area contributed by atoms with Gasteiger partial charge in [-0.05, 0) is 37.3 Å². The summed E-state index contributed by atoms with van der Waals surface area (Å²) >= 11 is 0. The molecule has 2 aromatic carbocycles. The summed E-state index contributed by atoms with van der Waals surface area (Å²) in [6.07, 6.45) is 1.23. The molecule has 8 heteroatoms. The smallest absolute Gasteiger partial charge is 0.306 e. The van der Waals surface area contributed by atoms with Crippen molar-refractivity contribution in [2.75, 3.05) is 31.1 Å². The third kappa shape index (κ3) is 4.35. The number of anilines is 1. The Labute approximate surface area is 181 Å². The molecule has 1 aliphatic rings. The summed E-state index contributed by atoms with van der Waals surface area (Å²) in [7, 11) is -4.07. The van der Waals surface area contributed by atoms with Gasteiger partial charge in [-0.25, -0.2) is 12.4 Å². The van der Waals surface area contributed by atoms with E-state index in [4.69, 9.17) is 0 Å². The average molecular weight is 440 g/mol. The molecular weight excluding hydrogens is 414 g/mol. The SMILES string of the molecule is Cc1ccc(S(=O)(=O)n2ccc(CN3CCN(c4ccccc4)CC3)c(O)c2=O)cc1. The van der Waals surface area contributed by atoms with Crippen molar-refractivity contribution in [1.82, 2.24) is 8.87 Å². The van der Waals surface area contributed by atoms with Gasteiger partial charge in [0.05, 0.1) is 4.90 Å². The number of nitrogens with zero attached hydrogens (tertiary/aromatic N) is 3. The maximum Gasteiger partial charge on any atom is 0.306 e. The maximum absolute atomic E-state index is 12.8. The highest BCUT2D eigenvalue weighted by atomic mass is 32.2. The Bertz CT molecular complexity index is 1210. The minimum absolute atomic E-state index is 0.00406. The van der Waals surface area contributed by atoms with E-state index in [0.29, 0.717) is 16.1 Å². The van der Waals surface area contributed by atoms with Crippen LogP contribution in [-0.2, 0) is 16.6 Å². The van der Waals surface area contributed by atoms with Gasteiger partial charge >= 0.3 is 5.56 Å². The molecule has 0 radical (unpaired) electrons. The Kier molecular flexibility index (Phi) is 5.84. The number of rotatable bonds is 5. The normalized spacial score (nSPS) is 15.2. The molecule has 1 fully saturated rings. The second-order valence-electron chi connectivity index (χ2n) is 7.71. The van der Waals surface area contributed by atoms with E-state index in [2.05, 4.69) is 21.9 Å². The van der Waals surface area contributed by atoms with Gasteiger partial charge in [-0.3, -0.25) is 9.69 Å². The summed E-state index contributed by atoms with van der Waals surface area (Å²) in [6, 6.07) is 17.9. The highest BCUT2D eigenvalue weighted by Crippen LogP contribution is 2.20. The lowest BCUT2D eigenvalue weighted by Crippen LogP contribution is -2.46. The van der Waals surface area contributed by atoms with Crippen molar-refractivity contribution in [3.8, 4) is 5.75 Å². The van der Waals surface area contributed by atoms with Gasteiger partial charge in [-0.2, -0.15) is 0 Å². The topological polar surface area (TPSA) is 82.8 Å². The minimum Gasteiger partial charge on any atom is -0.503 e. The number of piperazine rings is 1. The van der Waals surface area contributed by atoms with Crippen molar-refractivity contribution in [2.45, 2.75) is 18.4 Å². The van der Waals surface area contributed by atoms with Crippen LogP contribution >= 0.6 is 0 Å². The third-order valence-electron chi connectivity index (χ3n) is 5.58. The number of benzene rings is 2. The van der Waals surface area contributed by atoms with Crippen LogP contribution in [0.4, 0.5) is 5.69 Å². The van der Waals surface area contributed by atoms with E-state index in [-0.39, 0.29) is 4.90 Å². The van der Waals surface area contributed by atoms with E-state index in [1.807, 2.05) is 25.1 Å².